The van der Waals surface area contributed by atoms with Gasteiger partial charge in [-0.2, -0.15) is 5.10 Å². The second-order valence-corrected chi connectivity index (χ2v) is 4.87. The number of carbonyl (C=O) groups is 2. The fourth-order valence-corrected chi connectivity index (χ4v) is 1.87. The Hall–Kier alpha value is -3.15. The second kappa shape index (κ2) is 7.74. The van der Waals surface area contributed by atoms with Crippen LogP contribution in [-0.2, 0) is 4.79 Å². The average Bonchev–Trinajstić information content (AvgIpc) is 2.54. The number of aryl methyl sites for hydroxylation is 1. The number of nitrogens with zero attached hydrogens (tertiary/aromatic N) is 1. The molecule has 2 rings (SSSR count). The molecule has 6 nitrogen and oxygen atoms in total. The number of hydrogen-bond donors (Lipinski definition) is 2. The van der Waals surface area contributed by atoms with Crippen LogP contribution in [0.2, 0.25) is 0 Å². The number of hydrogen-bond acceptors (Lipinski definition) is 5. The Labute approximate surface area is 133 Å². The Bertz CT molecular complexity index is 724. The number of aromatic carboxylic acids is 1. The summed E-state index contributed by atoms with van der Waals surface area (Å²) in [5, 5.41) is 17.5. The smallest absolute Gasteiger partial charge is 0.259 e. The molecule has 0 bridgehead atoms. The van der Waals surface area contributed by atoms with Gasteiger partial charge in [-0.05, 0) is 29.7 Å². The molecule has 0 aliphatic rings. The zero-order valence-corrected chi connectivity index (χ0v) is 12.6. The van der Waals surface area contributed by atoms with Crippen LogP contribution in [0.3, 0.4) is 0 Å². The third-order valence-electron chi connectivity index (χ3n) is 3.13. The first-order valence-electron chi connectivity index (χ1n) is 6.99. The van der Waals surface area contributed by atoms with Crippen LogP contribution in [0.1, 0.15) is 21.5 Å². The summed E-state index contributed by atoms with van der Waals surface area (Å²) in [7, 11) is 0. The van der Waals surface area contributed by atoms with Crippen molar-refractivity contribution in [3.63, 3.8) is 0 Å². The minimum absolute atomic E-state index is 0.0913. The number of hydrazone groups is 1. The van der Waals surface area contributed by atoms with Gasteiger partial charge in [0.1, 0.15) is 0 Å². The molecule has 0 fully saturated rings. The molecule has 118 valence electrons. The zero-order chi connectivity index (χ0) is 16.7. The van der Waals surface area contributed by atoms with Crippen LogP contribution < -0.4 is 15.8 Å². The Morgan fingerprint density at radius 2 is 1.83 bits per heavy atom. The van der Waals surface area contributed by atoms with E-state index in [1.54, 1.807) is 12.1 Å². The summed E-state index contributed by atoms with van der Waals surface area (Å²) in [5.41, 5.74) is 5.10. The molecule has 0 radical (unpaired) electrons. The number of rotatable bonds is 6. The van der Waals surface area contributed by atoms with E-state index in [-0.39, 0.29) is 18.0 Å². The summed E-state index contributed by atoms with van der Waals surface area (Å²) in [6.45, 7) is 2.06. The van der Waals surface area contributed by atoms with E-state index in [1.165, 1.54) is 18.3 Å². The molecule has 0 unspecified atom stereocenters. The number of benzene rings is 2. The van der Waals surface area contributed by atoms with Gasteiger partial charge in [-0.25, -0.2) is 5.43 Å². The van der Waals surface area contributed by atoms with Crippen LogP contribution in [0.5, 0.6) is 0 Å². The molecular formula is C17H16N3O3-. The highest BCUT2D eigenvalue weighted by Gasteiger charge is 2.01. The van der Waals surface area contributed by atoms with Crippen molar-refractivity contribution in [1.29, 1.82) is 0 Å². The summed E-state index contributed by atoms with van der Waals surface area (Å²) >= 11 is 0. The van der Waals surface area contributed by atoms with Crippen molar-refractivity contribution >= 4 is 23.8 Å². The van der Waals surface area contributed by atoms with E-state index in [0.29, 0.717) is 5.56 Å². The van der Waals surface area contributed by atoms with Gasteiger partial charge in [0.2, 0.25) is 0 Å². The number of nitrogens with one attached hydrogen (secondary N) is 2. The summed E-state index contributed by atoms with van der Waals surface area (Å²) in [4.78, 5) is 22.3. The van der Waals surface area contributed by atoms with Crippen LogP contribution in [0.4, 0.5) is 5.69 Å². The third-order valence-corrected chi connectivity index (χ3v) is 3.13. The van der Waals surface area contributed by atoms with Crippen LogP contribution in [0.15, 0.2) is 53.6 Å². The lowest BCUT2D eigenvalue weighted by atomic mass is 10.1. The zero-order valence-electron chi connectivity index (χ0n) is 12.6. The van der Waals surface area contributed by atoms with Gasteiger partial charge in [-0.15, -0.1) is 0 Å². The van der Waals surface area contributed by atoms with E-state index in [0.717, 1.165) is 11.3 Å². The Kier molecular flexibility index (Phi) is 5.46. The molecule has 0 saturated heterocycles. The molecule has 0 aliphatic carbocycles. The van der Waals surface area contributed by atoms with Crippen molar-refractivity contribution in [3.05, 3.63) is 65.2 Å². The SMILES string of the molecule is Cc1ccccc1NCC(=O)NN=Cc1ccc(C(=O)[O-])cc1. The maximum absolute atomic E-state index is 11.7. The number of amides is 1. The first kappa shape index (κ1) is 16.2. The Morgan fingerprint density at radius 1 is 1.13 bits per heavy atom. The van der Waals surface area contributed by atoms with Crippen molar-refractivity contribution in [3.8, 4) is 0 Å². The van der Waals surface area contributed by atoms with Crippen molar-refractivity contribution in [2.75, 3.05) is 11.9 Å². The Morgan fingerprint density at radius 3 is 2.48 bits per heavy atom. The predicted octanol–water partition coefficient (Wildman–Crippen LogP) is 0.921. The normalized spacial score (nSPS) is 10.5. The summed E-state index contributed by atoms with van der Waals surface area (Å²) in [6.07, 6.45) is 1.44. The van der Waals surface area contributed by atoms with E-state index in [2.05, 4.69) is 15.8 Å². The summed E-state index contributed by atoms with van der Waals surface area (Å²) in [5.74, 6) is -1.51. The molecule has 2 aromatic carbocycles. The van der Waals surface area contributed by atoms with Crippen LogP contribution >= 0.6 is 0 Å². The largest absolute Gasteiger partial charge is 0.545 e. The minimum Gasteiger partial charge on any atom is -0.545 e. The number of carboxylic acid groups (broad SMARTS) is 1. The molecule has 0 spiro atoms. The molecular weight excluding hydrogens is 294 g/mol. The van der Waals surface area contributed by atoms with Gasteiger partial charge in [-0.3, -0.25) is 4.79 Å². The summed E-state index contributed by atoms with van der Waals surface area (Å²) in [6, 6.07) is 13.6. The molecule has 0 aliphatic heterocycles. The van der Waals surface area contributed by atoms with E-state index in [4.69, 9.17) is 0 Å². The number of carbonyl (C=O) groups excluding carboxylic acids is 2. The lowest BCUT2D eigenvalue weighted by molar-refractivity contribution is -0.255. The van der Waals surface area contributed by atoms with Gasteiger partial charge in [0.15, 0.2) is 0 Å². The van der Waals surface area contributed by atoms with Crippen molar-refractivity contribution in [1.82, 2.24) is 5.43 Å². The molecule has 0 heterocycles. The van der Waals surface area contributed by atoms with Crippen LogP contribution in [0, 0.1) is 6.92 Å². The fraction of sp³-hybridized carbons (Fsp3) is 0.118. The highest BCUT2D eigenvalue weighted by Crippen LogP contribution is 2.12. The minimum atomic E-state index is -1.23. The molecule has 0 aromatic heterocycles. The van der Waals surface area contributed by atoms with Crippen molar-refractivity contribution < 1.29 is 14.7 Å². The standard InChI is InChI=1S/C17H17N3O3/c1-12-4-2-3-5-15(12)18-11-16(21)20-19-10-13-6-8-14(9-7-13)17(22)23/h2-10,18H,11H2,1H3,(H,20,21)(H,22,23)/p-1. The lowest BCUT2D eigenvalue weighted by Gasteiger charge is -2.07. The highest BCUT2D eigenvalue weighted by molar-refractivity contribution is 5.88. The van der Waals surface area contributed by atoms with Gasteiger partial charge in [0.25, 0.3) is 5.91 Å². The monoisotopic (exact) mass is 310 g/mol. The van der Waals surface area contributed by atoms with Gasteiger partial charge in [0, 0.05) is 5.69 Å². The van der Waals surface area contributed by atoms with Crippen molar-refractivity contribution in [2.45, 2.75) is 6.92 Å². The summed E-state index contributed by atoms with van der Waals surface area (Å²) < 4.78 is 0. The first-order valence-corrected chi connectivity index (χ1v) is 6.99. The number of anilines is 1. The lowest BCUT2D eigenvalue weighted by Crippen LogP contribution is -2.26. The maximum Gasteiger partial charge on any atom is 0.259 e. The quantitative estimate of drug-likeness (QED) is 0.613. The molecule has 0 saturated carbocycles. The second-order valence-electron chi connectivity index (χ2n) is 4.87. The van der Waals surface area contributed by atoms with Gasteiger partial charge < -0.3 is 15.2 Å². The molecule has 0 atom stereocenters. The maximum atomic E-state index is 11.7. The fourth-order valence-electron chi connectivity index (χ4n) is 1.87. The topological polar surface area (TPSA) is 93.6 Å². The molecule has 1 amide bonds. The van der Waals surface area contributed by atoms with Gasteiger partial charge in [0.05, 0.1) is 18.7 Å². The molecule has 23 heavy (non-hydrogen) atoms. The van der Waals surface area contributed by atoms with E-state index in [9.17, 15) is 14.7 Å². The first-order chi connectivity index (χ1) is 11.1. The predicted molar refractivity (Wildman–Crippen MR) is 86.2 cm³/mol. The molecule has 2 N–H and O–H groups in total. The highest BCUT2D eigenvalue weighted by atomic mass is 16.4. The van der Waals surface area contributed by atoms with Gasteiger partial charge in [-0.1, -0.05) is 42.5 Å². The van der Waals surface area contributed by atoms with E-state index in [1.807, 2.05) is 31.2 Å². The van der Waals surface area contributed by atoms with E-state index >= 15 is 0 Å². The molecule has 6 heteroatoms. The average molecular weight is 310 g/mol. The van der Waals surface area contributed by atoms with Gasteiger partial charge >= 0.3 is 0 Å². The molecule has 2 aromatic rings. The third kappa shape index (κ3) is 4.96. The number of carboxylic acids is 1. The van der Waals surface area contributed by atoms with E-state index < -0.39 is 5.97 Å². The Balaban J connectivity index is 1.82. The number of para-hydroxylation sites is 1. The van der Waals surface area contributed by atoms with Crippen LogP contribution in [-0.4, -0.2) is 24.6 Å². The van der Waals surface area contributed by atoms with Crippen molar-refractivity contribution in [2.24, 2.45) is 5.10 Å². The van der Waals surface area contributed by atoms with Crippen LogP contribution in [0.25, 0.3) is 0 Å².